The van der Waals surface area contributed by atoms with Gasteiger partial charge in [-0.3, -0.25) is 19.2 Å². The Bertz CT molecular complexity index is 1350. The number of aromatic amines is 1. The number of ether oxygens (including phenoxy) is 1. The Morgan fingerprint density at radius 3 is 2.38 bits per heavy atom. The number of hydrogen-bond donors (Lipinski definition) is 1. The van der Waals surface area contributed by atoms with Crippen molar-refractivity contribution >= 4 is 40.2 Å². The number of Topliss-reactive ketones (excluding diaryl/α,β-unsaturated/α-hetero) is 1. The van der Waals surface area contributed by atoms with Gasteiger partial charge < -0.3 is 19.5 Å². The quantitative estimate of drug-likeness (QED) is 0.276. The number of nitrogens with one attached hydrogen (secondary N) is 1. The Hall–Kier alpha value is -3.49. The van der Waals surface area contributed by atoms with Crippen LogP contribution in [0, 0.1) is 5.92 Å². The van der Waals surface area contributed by atoms with Crippen molar-refractivity contribution in [3.63, 3.8) is 0 Å². The fraction of sp³-hybridized carbons (Fsp3) is 0.357. The predicted octanol–water partition coefficient (Wildman–Crippen LogP) is 3.32. The summed E-state index contributed by atoms with van der Waals surface area (Å²) in [5.41, 5.74) is 1.10. The van der Waals surface area contributed by atoms with Crippen LogP contribution in [0.1, 0.15) is 29.3 Å². The lowest BCUT2D eigenvalue weighted by atomic mass is 9.90. The zero-order chi connectivity index (χ0) is 26.5. The first-order chi connectivity index (χ1) is 17.8. The van der Waals surface area contributed by atoms with Gasteiger partial charge in [-0.2, -0.15) is 0 Å². The van der Waals surface area contributed by atoms with Crippen LogP contribution in [0.3, 0.4) is 0 Å². The molecule has 3 aromatic rings. The Morgan fingerprint density at radius 1 is 1.03 bits per heavy atom. The van der Waals surface area contributed by atoms with Crippen LogP contribution in [-0.4, -0.2) is 71.8 Å². The van der Waals surface area contributed by atoms with Crippen LogP contribution in [-0.2, 0) is 20.7 Å². The molecule has 0 bridgehead atoms. The van der Waals surface area contributed by atoms with Crippen LogP contribution in [0.5, 0.6) is 0 Å². The van der Waals surface area contributed by atoms with Crippen molar-refractivity contribution in [3.8, 4) is 0 Å². The van der Waals surface area contributed by atoms with E-state index in [1.807, 2.05) is 19.2 Å². The Labute approximate surface area is 220 Å². The molecule has 1 N–H and O–H groups in total. The topological polar surface area (TPSA) is 99.8 Å². The third-order valence-electron chi connectivity index (χ3n) is 6.71. The summed E-state index contributed by atoms with van der Waals surface area (Å²) in [6.07, 6.45) is -0.760. The number of amides is 1. The van der Waals surface area contributed by atoms with Crippen molar-refractivity contribution in [1.29, 1.82) is 0 Å². The lowest BCUT2D eigenvalue weighted by Crippen LogP contribution is -2.51. The molecule has 2 atom stereocenters. The lowest BCUT2D eigenvalue weighted by Gasteiger charge is -2.34. The normalized spacial score (nSPS) is 15.8. The average Bonchev–Trinajstić information content (AvgIpc) is 2.90. The van der Waals surface area contributed by atoms with Gasteiger partial charge in [-0.15, -0.1) is 0 Å². The number of pyridine rings is 1. The smallest absolute Gasteiger partial charge is 0.317 e. The molecule has 1 amide bonds. The first-order valence-corrected chi connectivity index (χ1v) is 12.7. The molecule has 194 valence electrons. The van der Waals surface area contributed by atoms with Crippen molar-refractivity contribution < 1.29 is 19.1 Å². The van der Waals surface area contributed by atoms with Crippen LogP contribution in [0.2, 0.25) is 5.02 Å². The second-order valence-electron chi connectivity index (χ2n) is 9.29. The molecule has 1 aliphatic heterocycles. The number of piperazine rings is 1. The van der Waals surface area contributed by atoms with E-state index in [0.717, 1.165) is 18.5 Å². The SMILES string of the molecule is CCC(OC(=O)C(Cc1cc(=O)[nH]c2ccccc12)C(=O)c1ccc(Cl)cc1)C(=O)N1CCN(C)CC1. The molecular formula is C28H30ClN3O5. The standard InChI is InChI=1S/C28H30ClN3O5/c1-3-24(27(35)32-14-12-31(2)13-15-32)37-28(36)22(26(34)18-8-10-20(29)11-9-18)16-19-17-25(33)30-23-7-5-4-6-21(19)23/h4-11,17,22,24H,3,12-16H2,1-2H3,(H,30,33). The summed E-state index contributed by atoms with van der Waals surface area (Å²) in [6, 6.07) is 14.8. The van der Waals surface area contributed by atoms with Gasteiger partial charge in [0.25, 0.3) is 5.91 Å². The van der Waals surface area contributed by atoms with Gasteiger partial charge >= 0.3 is 5.97 Å². The molecule has 2 unspecified atom stereocenters. The number of carbonyl (C=O) groups excluding carboxylic acids is 3. The first-order valence-electron chi connectivity index (χ1n) is 12.4. The summed E-state index contributed by atoms with van der Waals surface area (Å²) in [6.45, 7) is 4.35. The van der Waals surface area contributed by atoms with Gasteiger partial charge in [-0.1, -0.05) is 36.7 Å². The molecule has 0 spiro atoms. The number of hydrogen-bond acceptors (Lipinski definition) is 6. The number of para-hydroxylation sites is 1. The van der Waals surface area contributed by atoms with Crippen LogP contribution >= 0.6 is 11.6 Å². The summed E-state index contributed by atoms with van der Waals surface area (Å²) in [7, 11) is 1.99. The number of ketones is 1. The van der Waals surface area contributed by atoms with Gasteiger partial charge in [0.15, 0.2) is 11.9 Å². The van der Waals surface area contributed by atoms with Crippen LogP contribution in [0.4, 0.5) is 0 Å². The van der Waals surface area contributed by atoms with Crippen molar-refractivity contribution in [2.75, 3.05) is 33.2 Å². The summed E-state index contributed by atoms with van der Waals surface area (Å²) in [4.78, 5) is 59.1. The highest BCUT2D eigenvalue weighted by Crippen LogP contribution is 2.23. The highest BCUT2D eigenvalue weighted by atomic mass is 35.5. The number of carbonyl (C=O) groups is 3. The number of esters is 1. The molecule has 4 rings (SSSR count). The number of H-pyrrole nitrogens is 1. The lowest BCUT2D eigenvalue weighted by molar-refractivity contribution is -0.163. The number of nitrogens with zero attached hydrogens (tertiary/aromatic N) is 2. The van der Waals surface area contributed by atoms with Crippen LogP contribution < -0.4 is 5.56 Å². The van der Waals surface area contributed by atoms with Crippen molar-refractivity contribution in [3.05, 3.63) is 81.1 Å². The van der Waals surface area contributed by atoms with E-state index in [0.29, 0.717) is 34.8 Å². The number of likely N-dealkylation sites (N-methyl/N-ethyl adjacent to an activating group) is 1. The molecular weight excluding hydrogens is 494 g/mol. The van der Waals surface area contributed by atoms with Crippen LogP contribution in [0.15, 0.2) is 59.4 Å². The molecule has 1 aliphatic rings. The van der Waals surface area contributed by atoms with Gasteiger partial charge in [-0.05, 0) is 55.8 Å². The van der Waals surface area contributed by atoms with E-state index < -0.39 is 23.8 Å². The largest absolute Gasteiger partial charge is 0.452 e. The van der Waals surface area contributed by atoms with Gasteiger partial charge in [0.05, 0.1) is 0 Å². The van der Waals surface area contributed by atoms with E-state index >= 15 is 0 Å². The maximum atomic E-state index is 13.6. The Morgan fingerprint density at radius 2 is 1.70 bits per heavy atom. The maximum Gasteiger partial charge on any atom is 0.317 e. The fourth-order valence-electron chi connectivity index (χ4n) is 4.53. The summed E-state index contributed by atoms with van der Waals surface area (Å²) in [5.74, 6) is -2.77. The molecule has 9 heteroatoms. The number of rotatable bonds is 8. The van der Waals surface area contributed by atoms with Crippen molar-refractivity contribution in [1.82, 2.24) is 14.8 Å². The molecule has 8 nitrogen and oxygen atoms in total. The van der Waals surface area contributed by atoms with E-state index in [1.54, 1.807) is 48.2 Å². The molecule has 1 fully saturated rings. The van der Waals surface area contributed by atoms with E-state index in [1.165, 1.54) is 6.07 Å². The summed E-state index contributed by atoms with van der Waals surface area (Å²) < 4.78 is 5.71. The predicted molar refractivity (Wildman–Crippen MR) is 142 cm³/mol. The average molecular weight is 524 g/mol. The number of aromatic nitrogens is 1. The third kappa shape index (κ3) is 6.26. The van der Waals surface area contributed by atoms with Crippen LogP contribution in [0.25, 0.3) is 10.9 Å². The molecule has 2 heterocycles. The van der Waals surface area contributed by atoms with E-state index in [-0.39, 0.29) is 24.3 Å². The zero-order valence-corrected chi connectivity index (χ0v) is 21.7. The van der Waals surface area contributed by atoms with Gasteiger partial charge in [0, 0.05) is 53.7 Å². The Kier molecular flexibility index (Phi) is 8.41. The zero-order valence-electron chi connectivity index (χ0n) is 20.9. The maximum absolute atomic E-state index is 13.6. The minimum atomic E-state index is -1.25. The third-order valence-corrected chi connectivity index (χ3v) is 6.96. The molecule has 2 aromatic carbocycles. The summed E-state index contributed by atoms with van der Waals surface area (Å²) >= 11 is 5.99. The van der Waals surface area contributed by atoms with Gasteiger partial charge in [-0.25, -0.2) is 0 Å². The highest BCUT2D eigenvalue weighted by molar-refractivity contribution is 6.30. The van der Waals surface area contributed by atoms with Crippen molar-refractivity contribution in [2.45, 2.75) is 25.9 Å². The second-order valence-corrected chi connectivity index (χ2v) is 9.73. The van der Waals surface area contributed by atoms with E-state index in [9.17, 15) is 19.2 Å². The molecule has 0 saturated carbocycles. The van der Waals surface area contributed by atoms with Crippen molar-refractivity contribution in [2.24, 2.45) is 5.92 Å². The monoisotopic (exact) mass is 523 g/mol. The van der Waals surface area contributed by atoms with E-state index in [4.69, 9.17) is 16.3 Å². The molecule has 37 heavy (non-hydrogen) atoms. The second kappa shape index (κ2) is 11.7. The minimum Gasteiger partial charge on any atom is -0.452 e. The Balaban J connectivity index is 1.63. The highest BCUT2D eigenvalue weighted by Gasteiger charge is 2.35. The number of fused-ring (bicyclic) bond motifs is 1. The van der Waals surface area contributed by atoms with E-state index in [2.05, 4.69) is 9.88 Å². The number of halogens is 1. The molecule has 0 aliphatic carbocycles. The molecule has 1 aromatic heterocycles. The fourth-order valence-corrected chi connectivity index (χ4v) is 4.65. The van der Waals surface area contributed by atoms with Gasteiger partial charge in [0.1, 0.15) is 5.92 Å². The minimum absolute atomic E-state index is 0.0517. The number of benzene rings is 2. The first kappa shape index (κ1) is 26.6. The molecule has 1 saturated heterocycles. The summed E-state index contributed by atoms with van der Waals surface area (Å²) in [5, 5.41) is 1.18. The van der Waals surface area contributed by atoms with Gasteiger partial charge in [0.2, 0.25) is 5.56 Å². The molecule has 0 radical (unpaired) electrons.